The molecule has 0 radical (unpaired) electrons. The Bertz CT molecular complexity index is 663. The van der Waals surface area contributed by atoms with Gasteiger partial charge in [-0.3, -0.25) is 4.79 Å². The molecule has 2 atom stereocenters. The quantitative estimate of drug-likeness (QED) is 0.899. The van der Waals surface area contributed by atoms with Crippen LogP contribution in [0.2, 0.25) is 0 Å². The first-order chi connectivity index (χ1) is 12.6. The maximum Gasteiger partial charge on any atom is 0.226 e. The average Bonchev–Trinajstić information content (AvgIpc) is 2.63. The highest BCUT2D eigenvalue weighted by molar-refractivity contribution is 5.83. The van der Waals surface area contributed by atoms with Gasteiger partial charge in [-0.05, 0) is 94.3 Å². The van der Waals surface area contributed by atoms with Gasteiger partial charge in [0.1, 0.15) is 0 Å². The van der Waals surface area contributed by atoms with E-state index in [1.807, 2.05) is 0 Å². The Morgan fingerprint density at radius 2 is 1.69 bits per heavy atom. The van der Waals surface area contributed by atoms with Crippen LogP contribution in [0, 0.1) is 17.3 Å². The Morgan fingerprint density at radius 3 is 2.35 bits per heavy atom. The molecule has 0 aromatic heterocycles. The first kappa shape index (κ1) is 16.8. The summed E-state index contributed by atoms with van der Waals surface area (Å²) in [6, 6.07) is 11.5. The topological polar surface area (TPSA) is 32.3 Å². The number of rotatable bonds is 3. The maximum absolute atomic E-state index is 13.5. The van der Waals surface area contributed by atoms with Crippen LogP contribution in [0.1, 0.15) is 56.9 Å². The van der Waals surface area contributed by atoms with Gasteiger partial charge in [-0.25, -0.2) is 0 Å². The molecule has 0 spiro atoms. The Kier molecular flexibility index (Phi) is 3.93. The van der Waals surface area contributed by atoms with E-state index in [4.69, 9.17) is 0 Å². The number of hydrogen-bond donors (Lipinski definition) is 1. The van der Waals surface area contributed by atoms with E-state index >= 15 is 0 Å². The number of carbonyl (C=O) groups is 1. The third-order valence-electron chi connectivity index (χ3n) is 7.98. The minimum absolute atomic E-state index is 0.0940. The number of likely N-dealkylation sites (tertiary alicyclic amines) is 1. The van der Waals surface area contributed by atoms with Gasteiger partial charge < -0.3 is 10.2 Å². The number of amides is 1. The van der Waals surface area contributed by atoms with Crippen LogP contribution in [-0.2, 0) is 10.2 Å². The standard InChI is InChI=1S/C23H32N2O/c1-25-9-7-20(8-10-25)24-21(26)23-14-17-11-18(15-23)13-22(12-17,16-23)19-5-3-2-4-6-19/h2-6,17-18,20H,7-16H2,1H3,(H,24,26). The van der Waals surface area contributed by atoms with Crippen LogP contribution in [-0.4, -0.2) is 37.0 Å². The van der Waals surface area contributed by atoms with Crippen LogP contribution in [0.25, 0.3) is 0 Å². The van der Waals surface area contributed by atoms with Gasteiger partial charge in [0, 0.05) is 6.04 Å². The highest BCUT2D eigenvalue weighted by Crippen LogP contribution is 2.65. The Labute approximate surface area is 157 Å². The van der Waals surface area contributed by atoms with Crippen molar-refractivity contribution in [2.75, 3.05) is 20.1 Å². The molecule has 4 aliphatic carbocycles. The summed E-state index contributed by atoms with van der Waals surface area (Å²) in [6.07, 6.45) is 9.53. The molecule has 1 aromatic carbocycles. The van der Waals surface area contributed by atoms with E-state index in [9.17, 15) is 4.79 Å². The molecule has 140 valence electrons. The predicted molar refractivity (Wildman–Crippen MR) is 104 cm³/mol. The summed E-state index contributed by atoms with van der Waals surface area (Å²) in [5, 5.41) is 3.50. The lowest BCUT2D eigenvalue weighted by molar-refractivity contribution is -0.150. The smallest absolute Gasteiger partial charge is 0.226 e. The fourth-order valence-corrected chi connectivity index (χ4v) is 7.15. The normalized spacial score (nSPS) is 39.9. The van der Waals surface area contributed by atoms with Crippen molar-refractivity contribution in [2.45, 2.75) is 62.8 Å². The molecule has 1 aliphatic heterocycles. The molecule has 3 heteroatoms. The zero-order chi connectivity index (χ0) is 17.8. The zero-order valence-corrected chi connectivity index (χ0v) is 16.0. The van der Waals surface area contributed by atoms with Gasteiger partial charge in [-0.1, -0.05) is 30.3 Å². The molecule has 3 nitrogen and oxygen atoms in total. The summed E-state index contributed by atoms with van der Waals surface area (Å²) in [5.41, 5.74) is 1.66. The van der Waals surface area contributed by atoms with Crippen molar-refractivity contribution in [3.05, 3.63) is 35.9 Å². The molecule has 1 heterocycles. The van der Waals surface area contributed by atoms with Gasteiger partial charge >= 0.3 is 0 Å². The molecule has 1 N–H and O–H groups in total. The molecule has 4 saturated carbocycles. The van der Waals surface area contributed by atoms with Gasteiger partial charge in [0.2, 0.25) is 5.91 Å². The summed E-state index contributed by atoms with van der Waals surface area (Å²) in [7, 11) is 2.18. The number of nitrogens with one attached hydrogen (secondary N) is 1. The van der Waals surface area contributed by atoms with Crippen LogP contribution in [0.3, 0.4) is 0 Å². The summed E-state index contributed by atoms with van der Waals surface area (Å²) in [6.45, 7) is 2.22. The molecule has 2 unspecified atom stereocenters. The number of nitrogens with zero attached hydrogens (tertiary/aromatic N) is 1. The molecule has 26 heavy (non-hydrogen) atoms. The third-order valence-corrected chi connectivity index (χ3v) is 7.98. The van der Waals surface area contributed by atoms with Crippen LogP contribution < -0.4 is 5.32 Å². The molecule has 5 aliphatic rings. The second kappa shape index (κ2) is 6.09. The second-order valence-electron chi connectivity index (χ2n) is 9.94. The monoisotopic (exact) mass is 352 g/mol. The van der Waals surface area contributed by atoms with E-state index in [1.165, 1.54) is 24.8 Å². The lowest BCUT2D eigenvalue weighted by atomic mass is 9.42. The Hall–Kier alpha value is -1.35. The molecular weight excluding hydrogens is 320 g/mol. The van der Waals surface area contributed by atoms with Gasteiger partial charge in [0.15, 0.2) is 0 Å². The number of benzene rings is 1. The second-order valence-corrected chi connectivity index (χ2v) is 9.94. The highest BCUT2D eigenvalue weighted by Gasteiger charge is 2.61. The first-order valence-electron chi connectivity index (χ1n) is 10.6. The number of hydrogen-bond acceptors (Lipinski definition) is 2. The van der Waals surface area contributed by atoms with Crippen molar-refractivity contribution in [1.82, 2.24) is 10.2 Å². The molecule has 4 bridgehead atoms. The minimum atomic E-state index is -0.0940. The van der Waals surface area contributed by atoms with Crippen molar-refractivity contribution in [2.24, 2.45) is 17.3 Å². The number of piperidine rings is 1. The van der Waals surface area contributed by atoms with Crippen molar-refractivity contribution in [3.63, 3.8) is 0 Å². The van der Waals surface area contributed by atoms with Crippen molar-refractivity contribution >= 4 is 5.91 Å². The van der Waals surface area contributed by atoms with Gasteiger partial charge in [0.25, 0.3) is 0 Å². The summed E-state index contributed by atoms with van der Waals surface area (Å²) in [5.74, 6) is 1.89. The third kappa shape index (κ3) is 2.70. The fourth-order valence-electron chi connectivity index (χ4n) is 7.15. The van der Waals surface area contributed by atoms with Crippen LogP contribution in [0.15, 0.2) is 30.3 Å². The van der Waals surface area contributed by atoms with Crippen LogP contribution in [0.4, 0.5) is 0 Å². The Morgan fingerprint density at radius 1 is 1.04 bits per heavy atom. The van der Waals surface area contributed by atoms with Crippen molar-refractivity contribution in [1.29, 1.82) is 0 Å². The average molecular weight is 353 g/mol. The van der Waals surface area contributed by atoms with E-state index < -0.39 is 0 Å². The zero-order valence-electron chi connectivity index (χ0n) is 16.0. The van der Waals surface area contributed by atoms with Crippen molar-refractivity contribution in [3.8, 4) is 0 Å². The fraction of sp³-hybridized carbons (Fsp3) is 0.696. The lowest BCUT2D eigenvalue weighted by Crippen LogP contribution is -2.60. The van der Waals surface area contributed by atoms with E-state index in [0.29, 0.717) is 11.9 Å². The van der Waals surface area contributed by atoms with E-state index in [-0.39, 0.29) is 10.8 Å². The molecule has 1 amide bonds. The number of carbonyl (C=O) groups excluding carboxylic acids is 1. The van der Waals surface area contributed by atoms with Crippen LogP contribution >= 0.6 is 0 Å². The summed E-state index contributed by atoms with van der Waals surface area (Å²) in [4.78, 5) is 15.9. The van der Waals surface area contributed by atoms with E-state index in [0.717, 1.165) is 57.0 Å². The van der Waals surface area contributed by atoms with Crippen LogP contribution in [0.5, 0.6) is 0 Å². The largest absolute Gasteiger partial charge is 0.353 e. The van der Waals surface area contributed by atoms with E-state index in [2.05, 4.69) is 47.6 Å². The van der Waals surface area contributed by atoms with Crippen molar-refractivity contribution < 1.29 is 4.79 Å². The molecular formula is C23H32N2O. The SMILES string of the molecule is CN1CCC(NC(=O)C23CC4CC(C2)CC(c2ccccc2)(C4)C3)CC1. The Balaban J connectivity index is 1.39. The minimum Gasteiger partial charge on any atom is -0.353 e. The highest BCUT2D eigenvalue weighted by atomic mass is 16.2. The van der Waals surface area contributed by atoms with Gasteiger partial charge in [-0.15, -0.1) is 0 Å². The maximum atomic E-state index is 13.5. The molecule has 1 aromatic rings. The molecule has 6 rings (SSSR count). The van der Waals surface area contributed by atoms with Gasteiger partial charge in [0.05, 0.1) is 5.41 Å². The first-order valence-corrected chi connectivity index (χ1v) is 10.6. The lowest BCUT2D eigenvalue weighted by Gasteiger charge is -2.61. The van der Waals surface area contributed by atoms with E-state index in [1.54, 1.807) is 0 Å². The summed E-state index contributed by atoms with van der Waals surface area (Å²) >= 11 is 0. The predicted octanol–water partition coefficient (Wildman–Crippen LogP) is 3.74. The molecule has 5 fully saturated rings. The van der Waals surface area contributed by atoms with Gasteiger partial charge in [-0.2, -0.15) is 0 Å². The molecule has 1 saturated heterocycles. The summed E-state index contributed by atoms with van der Waals surface area (Å²) < 4.78 is 0.